The van der Waals surface area contributed by atoms with E-state index in [1.54, 1.807) is 12.2 Å². The van der Waals surface area contributed by atoms with Crippen LogP contribution < -0.4 is 0 Å². The van der Waals surface area contributed by atoms with E-state index >= 15 is 0 Å². The van der Waals surface area contributed by atoms with Crippen LogP contribution in [0.5, 0.6) is 0 Å². The van der Waals surface area contributed by atoms with Gasteiger partial charge in [0.25, 0.3) is 0 Å². The average Bonchev–Trinajstić information content (AvgIpc) is 3.35. The topological polar surface area (TPSA) is 110 Å². The molecule has 2 fully saturated rings. The summed E-state index contributed by atoms with van der Waals surface area (Å²) in [4.78, 5) is 51.6. The molecule has 0 aromatic carbocycles. The second kappa shape index (κ2) is 7.31. The summed E-state index contributed by atoms with van der Waals surface area (Å²) in [5.41, 5.74) is -6.35. The number of hydrogen-bond donors (Lipinski definition) is 1. The van der Waals surface area contributed by atoms with Crippen LogP contribution in [-0.4, -0.2) is 60.4 Å². The van der Waals surface area contributed by atoms with Crippen molar-refractivity contribution in [3.05, 3.63) is 12.2 Å². The third-order valence-corrected chi connectivity index (χ3v) is 7.22. The Morgan fingerprint density at radius 2 is 1.82 bits per heavy atom. The van der Waals surface area contributed by atoms with E-state index in [0.29, 0.717) is 12.5 Å². The molecule has 0 amide bonds. The van der Waals surface area contributed by atoms with E-state index in [1.165, 1.54) is 6.92 Å². The summed E-state index contributed by atoms with van der Waals surface area (Å²) < 4.78 is 10.6. The van der Waals surface area contributed by atoms with E-state index in [1.807, 2.05) is 6.92 Å². The Labute approximate surface area is 166 Å². The van der Waals surface area contributed by atoms with E-state index in [0.717, 1.165) is 6.92 Å². The zero-order chi connectivity index (χ0) is 21.5. The lowest BCUT2D eigenvalue weighted by atomic mass is 9.61. The number of Topliss-reactive ketones (excluding diaryl/α,β-unsaturated/α-hetero) is 3. The van der Waals surface area contributed by atoms with Gasteiger partial charge in [-0.25, -0.2) is 0 Å². The Hall–Kier alpha value is -1.64. The molecule has 0 aromatic rings. The fourth-order valence-electron chi connectivity index (χ4n) is 3.62. The van der Waals surface area contributed by atoms with Crippen molar-refractivity contribution < 1.29 is 33.8 Å². The molecule has 1 saturated heterocycles. The third-order valence-electron chi connectivity index (χ3n) is 5.51. The first-order chi connectivity index (χ1) is 12.8. The number of epoxide rings is 1. The van der Waals surface area contributed by atoms with Crippen molar-refractivity contribution in [3.63, 3.8) is 0 Å². The minimum Gasteiger partial charge on any atom is -0.465 e. The van der Waals surface area contributed by atoms with Gasteiger partial charge in [0.15, 0.2) is 28.4 Å². The molecule has 0 aromatic heterocycles. The van der Waals surface area contributed by atoms with E-state index in [4.69, 9.17) is 9.47 Å². The molecule has 8 heteroatoms. The van der Waals surface area contributed by atoms with Gasteiger partial charge in [-0.15, -0.1) is 0 Å². The molecule has 1 N–H and O–H groups in total. The second-order valence-corrected chi connectivity index (χ2v) is 14.8. The Morgan fingerprint density at radius 1 is 1.21 bits per heavy atom. The van der Waals surface area contributed by atoms with E-state index in [2.05, 4.69) is 19.6 Å². The summed E-state index contributed by atoms with van der Waals surface area (Å²) in [5.74, 6) is -3.47. The van der Waals surface area contributed by atoms with Crippen molar-refractivity contribution in [3.8, 4) is 0 Å². The smallest absolute Gasteiger partial charge is 0.327 e. The molecule has 156 valence electrons. The molecule has 0 bridgehead atoms. The maximum absolute atomic E-state index is 13.2. The van der Waals surface area contributed by atoms with Crippen LogP contribution in [0.1, 0.15) is 33.6 Å². The first kappa shape index (κ1) is 22.6. The number of carbonyl (C=O) groups excluding carboxylic acids is 4. The van der Waals surface area contributed by atoms with Gasteiger partial charge in [0.05, 0.1) is 6.61 Å². The molecule has 2 aliphatic rings. The number of carbonyl (C=O) groups is 4. The van der Waals surface area contributed by atoms with Gasteiger partial charge in [-0.05, 0) is 33.2 Å². The largest absolute Gasteiger partial charge is 0.465 e. The average molecular weight is 411 g/mol. The highest BCUT2D eigenvalue weighted by Gasteiger charge is 2.84. The lowest BCUT2D eigenvalue weighted by Crippen LogP contribution is -2.67. The van der Waals surface area contributed by atoms with Crippen molar-refractivity contribution >= 4 is 31.4 Å². The van der Waals surface area contributed by atoms with Gasteiger partial charge >= 0.3 is 5.97 Å². The predicted octanol–water partition coefficient (Wildman–Crippen LogP) is 1.84. The molecule has 0 unspecified atom stereocenters. The van der Waals surface area contributed by atoms with Gasteiger partial charge in [0.1, 0.15) is 6.10 Å². The van der Waals surface area contributed by atoms with Crippen molar-refractivity contribution in [2.24, 2.45) is 5.41 Å². The van der Waals surface area contributed by atoms with Crippen LogP contribution in [0.25, 0.3) is 0 Å². The molecule has 0 spiro atoms. The molecule has 2 rings (SSSR count). The highest BCUT2D eigenvalue weighted by atomic mass is 28.3. The van der Waals surface area contributed by atoms with Gasteiger partial charge in [0.2, 0.25) is 5.60 Å². The Morgan fingerprint density at radius 3 is 2.36 bits per heavy atom. The number of aliphatic hydroxyl groups is 1. The van der Waals surface area contributed by atoms with Crippen molar-refractivity contribution in [2.75, 3.05) is 6.61 Å². The number of esters is 1. The van der Waals surface area contributed by atoms with E-state index in [-0.39, 0.29) is 13.0 Å². The van der Waals surface area contributed by atoms with E-state index in [9.17, 15) is 24.3 Å². The standard InChI is InChI=1S/C20H30O7Si/c1-7-8-9-10-13(21)20-15(23)18(2,14(22)19(3,25)16(20)27-20)17(24)26-11-12-28(4,5)6/h7-8,16,25H,9-12H2,1-6H3/b8-7+/t16-,18+,19-,20+/m1/s1. The predicted molar refractivity (Wildman–Crippen MR) is 105 cm³/mol. The molecular formula is C20H30O7Si. The molecule has 7 nitrogen and oxygen atoms in total. The van der Waals surface area contributed by atoms with Crippen LogP contribution in [0, 0.1) is 5.41 Å². The van der Waals surface area contributed by atoms with Crippen molar-refractivity contribution in [2.45, 2.75) is 76.6 Å². The summed E-state index contributed by atoms with van der Waals surface area (Å²) in [7, 11) is -1.50. The molecule has 1 saturated carbocycles. The van der Waals surface area contributed by atoms with Crippen LogP contribution in [0.15, 0.2) is 12.2 Å². The summed E-state index contributed by atoms with van der Waals surface area (Å²) in [6.45, 7) is 10.5. The lowest BCUT2D eigenvalue weighted by Gasteiger charge is -2.37. The van der Waals surface area contributed by atoms with Crippen molar-refractivity contribution in [1.82, 2.24) is 0 Å². The van der Waals surface area contributed by atoms with Gasteiger partial charge in [-0.2, -0.15) is 0 Å². The molecule has 1 heterocycles. The zero-order valence-electron chi connectivity index (χ0n) is 17.5. The lowest BCUT2D eigenvalue weighted by molar-refractivity contribution is -0.173. The minimum atomic E-state index is -2.27. The van der Waals surface area contributed by atoms with E-state index < -0.39 is 54.1 Å². The molecule has 28 heavy (non-hydrogen) atoms. The van der Waals surface area contributed by atoms with Crippen molar-refractivity contribution in [1.29, 1.82) is 0 Å². The summed E-state index contributed by atoms with van der Waals surface area (Å²) >= 11 is 0. The first-order valence-corrected chi connectivity index (χ1v) is 13.3. The van der Waals surface area contributed by atoms with Gasteiger partial charge in [-0.3, -0.25) is 19.2 Å². The van der Waals surface area contributed by atoms with Gasteiger partial charge in [0, 0.05) is 14.5 Å². The Bertz CT molecular complexity index is 733. The minimum absolute atomic E-state index is 0.0115. The van der Waals surface area contributed by atoms with Crippen LogP contribution in [0.2, 0.25) is 25.7 Å². The van der Waals surface area contributed by atoms with Crippen LogP contribution >= 0.6 is 0 Å². The second-order valence-electron chi connectivity index (χ2n) is 9.14. The number of ether oxygens (including phenoxy) is 2. The Balaban J connectivity index is 2.31. The molecule has 1 aliphatic carbocycles. The van der Waals surface area contributed by atoms with Crippen LogP contribution in [0.4, 0.5) is 0 Å². The zero-order valence-corrected chi connectivity index (χ0v) is 18.5. The molecular weight excluding hydrogens is 380 g/mol. The summed E-state index contributed by atoms with van der Waals surface area (Å²) in [5, 5.41) is 10.7. The summed E-state index contributed by atoms with van der Waals surface area (Å²) in [6, 6.07) is 0.667. The number of hydrogen-bond acceptors (Lipinski definition) is 7. The third kappa shape index (κ3) is 3.53. The normalized spacial score (nSPS) is 35.0. The fraction of sp³-hybridized carbons (Fsp3) is 0.700. The number of allylic oxidation sites excluding steroid dienone is 2. The number of fused-ring (bicyclic) bond motifs is 1. The highest BCUT2D eigenvalue weighted by Crippen LogP contribution is 2.55. The first-order valence-electron chi connectivity index (χ1n) is 9.58. The van der Waals surface area contributed by atoms with Crippen LogP contribution in [-0.2, 0) is 28.7 Å². The maximum atomic E-state index is 13.2. The summed E-state index contributed by atoms with van der Waals surface area (Å²) in [6.07, 6.45) is 2.69. The van der Waals surface area contributed by atoms with Gasteiger partial charge < -0.3 is 14.6 Å². The fourth-order valence-corrected chi connectivity index (χ4v) is 4.33. The molecule has 1 aliphatic heterocycles. The SMILES string of the molecule is C/C=C/CCC(=O)[C@@]12O[C@@H]1[C@](C)(O)C(=O)[C@](C)(C(=O)OCC[Si](C)(C)C)C2=O. The maximum Gasteiger partial charge on any atom is 0.327 e. The van der Waals surface area contributed by atoms with Gasteiger partial charge in [-0.1, -0.05) is 31.8 Å². The van der Waals surface area contributed by atoms with Crippen LogP contribution in [0.3, 0.4) is 0 Å². The molecule has 4 atom stereocenters. The highest BCUT2D eigenvalue weighted by molar-refractivity contribution is 6.76. The molecule has 0 radical (unpaired) electrons. The number of rotatable bonds is 8. The Kier molecular flexibility index (Phi) is 5.91. The monoisotopic (exact) mass is 410 g/mol. The number of ketones is 3. The quantitative estimate of drug-likeness (QED) is 0.214.